The third-order valence-electron chi connectivity index (χ3n) is 3.87. The van der Waals surface area contributed by atoms with Crippen LogP contribution in [0.3, 0.4) is 0 Å². The maximum absolute atomic E-state index is 12.5. The van der Waals surface area contributed by atoms with Gasteiger partial charge in [-0.15, -0.1) is 0 Å². The minimum Gasteiger partial charge on any atom is -0.355 e. The van der Waals surface area contributed by atoms with E-state index in [-0.39, 0.29) is 30.8 Å². The highest BCUT2D eigenvalue weighted by atomic mass is 19.3. The number of ether oxygens (including phenoxy) is 1. The fourth-order valence-corrected chi connectivity index (χ4v) is 2.99. The average molecular weight is 290 g/mol. The fraction of sp³-hybridized carbons (Fsp3) is 0.846. The molecule has 2 aliphatic heterocycles. The molecule has 5 nitrogen and oxygen atoms in total. The van der Waals surface area contributed by atoms with Gasteiger partial charge in [-0.05, 0) is 18.8 Å². The summed E-state index contributed by atoms with van der Waals surface area (Å²) in [6.07, 6.45) is 0.327. The Morgan fingerprint density at radius 1 is 1.50 bits per heavy atom. The summed E-state index contributed by atoms with van der Waals surface area (Å²) in [5, 5.41) is 2.71. The van der Waals surface area contributed by atoms with Gasteiger partial charge in [0, 0.05) is 19.6 Å². The van der Waals surface area contributed by atoms with E-state index < -0.39 is 18.1 Å². The van der Waals surface area contributed by atoms with Crippen LogP contribution in [0.2, 0.25) is 0 Å². The van der Waals surface area contributed by atoms with Crippen LogP contribution in [0.25, 0.3) is 0 Å². The van der Waals surface area contributed by atoms with Crippen molar-refractivity contribution in [3.63, 3.8) is 0 Å². The minimum absolute atomic E-state index is 0.135. The van der Waals surface area contributed by atoms with Crippen LogP contribution >= 0.6 is 0 Å². The summed E-state index contributed by atoms with van der Waals surface area (Å²) in [6.45, 7) is 1.85. The number of amides is 2. The predicted octanol–water partition coefficient (Wildman–Crippen LogP) is 0.989. The number of hydrogen-bond donors (Lipinski definition) is 1. The van der Waals surface area contributed by atoms with E-state index in [9.17, 15) is 18.4 Å². The average Bonchev–Trinajstić information content (AvgIpc) is 2.64. The van der Waals surface area contributed by atoms with Crippen LogP contribution in [0.5, 0.6) is 0 Å². The molecule has 0 spiro atoms. The lowest BCUT2D eigenvalue weighted by Gasteiger charge is -2.43. The number of alkyl halides is 2. The normalized spacial score (nSPS) is 27.1. The zero-order valence-electron chi connectivity index (χ0n) is 11.7. The fourth-order valence-electron chi connectivity index (χ4n) is 2.99. The van der Waals surface area contributed by atoms with Crippen molar-refractivity contribution in [2.24, 2.45) is 11.3 Å². The van der Waals surface area contributed by atoms with Crippen molar-refractivity contribution in [2.75, 3.05) is 19.6 Å². The standard InChI is InChI=1S/C13H20F2N2O3/c1-8(2)5-13(3-4-16-10(13)18)11(19)17-6-9(7-17)20-12(14)15/h8-9,12H,3-7H2,1-2H3,(H,16,18). The van der Waals surface area contributed by atoms with Crippen LogP contribution in [-0.4, -0.2) is 49.1 Å². The first-order valence-electron chi connectivity index (χ1n) is 6.86. The second kappa shape index (κ2) is 5.63. The number of carbonyl (C=O) groups is 2. The molecule has 1 unspecified atom stereocenters. The number of nitrogens with zero attached hydrogens (tertiary/aromatic N) is 1. The number of rotatable bonds is 5. The van der Waals surface area contributed by atoms with Crippen LogP contribution in [0.1, 0.15) is 26.7 Å². The molecule has 0 aliphatic carbocycles. The van der Waals surface area contributed by atoms with E-state index in [0.29, 0.717) is 19.4 Å². The van der Waals surface area contributed by atoms with Crippen molar-refractivity contribution in [1.82, 2.24) is 10.2 Å². The zero-order valence-corrected chi connectivity index (χ0v) is 11.7. The molecule has 2 fully saturated rings. The Kier molecular flexibility index (Phi) is 4.27. The number of carbonyl (C=O) groups excluding carboxylic acids is 2. The summed E-state index contributed by atoms with van der Waals surface area (Å²) >= 11 is 0. The highest BCUT2D eigenvalue weighted by Gasteiger charge is 2.53. The van der Waals surface area contributed by atoms with Gasteiger partial charge in [-0.1, -0.05) is 13.8 Å². The molecule has 0 radical (unpaired) electrons. The summed E-state index contributed by atoms with van der Waals surface area (Å²) in [5.74, 6) is -0.290. The summed E-state index contributed by atoms with van der Waals surface area (Å²) in [6, 6.07) is 0. The highest BCUT2D eigenvalue weighted by molar-refractivity contribution is 6.06. The maximum atomic E-state index is 12.5. The van der Waals surface area contributed by atoms with Crippen molar-refractivity contribution in [2.45, 2.75) is 39.4 Å². The van der Waals surface area contributed by atoms with Gasteiger partial charge in [0.15, 0.2) is 0 Å². The number of hydrogen-bond acceptors (Lipinski definition) is 3. The van der Waals surface area contributed by atoms with Crippen LogP contribution in [0.15, 0.2) is 0 Å². The Morgan fingerprint density at radius 3 is 2.60 bits per heavy atom. The Bertz CT molecular complexity index is 397. The lowest BCUT2D eigenvalue weighted by Crippen LogP contribution is -2.60. The summed E-state index contributed by atoms with van der Waals surface area (Å²) in [4.78, 5) is 26.1. The van der Waals surface area contributed by atoms with Crippen molar-refractivity contribution in [3.05, 3.63) is 0 Å². The summed E-state index contributed by atoms with van der Waals surface area (Å²) < 4.78 is 28.5. The van der Waals surface area contributed by atoms with Crippen molar-refractivity contribution < 1.29 is 23.1 Å². The topological polar surface area (TPSA) is 58.6 Å². The first-order valence-corrected chi connectivity index (χ1v) is 6.86. The molecule has 2 heterocycles. The quantitative estimate of drug-likeness (QED) is 0.768. The second-order valence-corrected chi connectivity index (χ2v) is 5.91. The molecule has 2 aliphatic rings. The molecule has 2 rings (SSSR count). The molecule has 0 aromatic carbocycles. The Labute approximate surface area is 116 Å². The first kappa shape index (κ1) is 15.2. The summed E-state index contributed by atoms with van der Waals surface area (Å²) in [7, 11) is 0. The molecule has 1 atom stereocenters. The van der Waals surface area contributed by atoms with Gasteiger partial charge in [-0.2, -0.15) is 8.78 Å². The molecule has 114 valence electrons. The van der Waals surface area contributed by atoms with Crippen LogP contribution in [-0.2, 0) is 14.3 Å². The van der Waals surface area contributed by atoms with Gasteiger partial charge in [0.05, 0.1) is 6.10 Å². The second-order valence-electron chi connectivity index (χ2n) is 5.91. The van der Waals surface area contributed by atoms with Crippen LogP contribution in [0, 0.1) is 11.3 Å². The van der Waals surface area contributed by atoms with E-state index in [2.05, 4.69) is 10.1 Å². The van der Waals surface area contributed by atoms with Crippen LogP contribution < -0.4 is 5.32 Å². The lowest BCUT2D eigenvalue weighted by atomic mass is 9.76. The third kappa shape index (κ3) is 2.77. The molecular weight excluding hydrogens is 270 g/mol. The van der Waals surface area contributed by atoms with E-state index in [0.717, 1.165) is 0 Å². The van der Waals surface area contributed by atoms with Crippen molar-refractivity contribution in [3.8, 4) is 0 Å². The molecular formula is C13H20F2N2O3. The van der Waals surface area contributed by atoms with Gasteiger partial charge in [-0.25, -0.2) is 0 Å². The van der Waals surface area contributed by atoms with E-state index in [1.165, 1.54) is 4.90 Å². The lowest BCUT2D eigenvalue weighted by molar-refractivity contribution is -0.202. The molecule has 0 aromatic rings. The third-order valence-corrected chi connectivity index (χ3v) is 3.87. The van der Waals surface area contributed by atoms with Crippen molar-refractivity contribution in [1.29, 1.82) is 0 Å². The Hall–Kier alpha value is -1.24. The highest BCUT2D eigenvalue weighted by Crippen LogP contribution is 2.37. The molecule has 0 aromatic heterocycles. The largest absolute Gasteiger partial charge is 0.355 e. The minimum atomic E-state index is -2.82. The van der Waals surface area contributed by atoms with Gasteiger partial charge in [0.25, 0.3) is 0 Å². The Morgan fingerprint density at radius 2 is 2.15 bits per heavy atom. The zero-order chi connectivity index (χ0) is 14.9. The molecule has 7 heteroatoms. The molecule has 2 saturated heterocycles. The SMILES string of the molecule is CC(C)CC1(C(=O)N2CC(OC(F)F)C2)CCNC1=O. The van der Waals surface area contributed by atoms with E-state index in [4.69, 9.17) is 0 Å². The molecule has 2 amide bonds. The van der Waals surface area contributed by atoms with Crippen molar-refractivity contribution >= 4 is 11.8 Å². The van der Waals surface area contributed by atoms with Gasteiger partial charge in [-0.3, -0.25) is 9.59 Å². The predicted molar refractivity (Wildman–Crippen MR) is 67.0 cm³/mol. The van der Waals surface area contributed by atoms with Gasteiger partial charge < -0.3 is 15.0 Å². The molecule has 1 N–H and O–H groups in total. The van der Waals surface area contributed by atoms with Gasteiger partial charge in [0.2, 0.25) is 11.8 Å². The smallest absolute Gasteiger partial charge is 0.345 e. The molecule has 0 saturated carbocycles. The summed E-state index contributed by atoms with van der Waals surface area (Å²) in [5.41, 5.74) is -1.02. The van der Waals surface area contributed by atoms with E-state index in [1.807, 2.05) is 13.8 Å². The first-order chi connectivity index (χ1) is 9.35. The molecule has 20 heavy (non-hydrogen) atoms. The Balaban J connectivity index is 2.01. The number of likely N-dealkylation sites (tertiary alicyclic amines) is 1. The van der Waals surface area contributed by atoms with Gasteiger partial charge >= 0.3 is 6.61 Å². The monoisotopic (exact) mass is 290 g/mol. The van der Waals surface area contributed by atoms with Crippen LogP contribution in [0.4, 0.5) is 8.78 Å². The molecule has 0 bridgehead atoms. The maximum Gasteiger partial charge on any atom is 0.345 e. The van der Waals surface area contributed by atoms with E-state index >= 15 is 0 Å². The van der Waals surface area contributed by atoms with E-state index in [1.54, 1.807) is 0 Å². The number of halogens is 2. The van der Waals surface area contributed by atoms with Gasteiger partial charge in [0.1, 0.15) is 5.41 Å². The number of nitrogens with one attached hydrogen (secondary N) is 1.